The predicted molar refractivity (Wildman–Crippen MR) is 104 cm³/mol. The molecule has 6 heteroatoms. The average molecular weight is 361 g/mol. The van der Waals surface area contributed by atoms with Crippen LogP contribution in [0.15, 0.2) is 30.3 Å². The van der Waals surface area contributed by atoms with Crippen LogP contribution in [0.25, 0.3) is 0 Å². The van der Waals surface area contributed by atoms with Crippen molar-refractivity contribution in [2.45, 2.75) is 26.8 Å². The molecule has 1 aromatic carbocycles. The van der Waals surface area contributed by atoms with E-state index in [4.69, 9.17) is 0 Å². The topological polar surface area (TPSA) is 55.9 Å². The molecule has 2 rings (SSSR count). The molecule has 1 fully saturated rings. The van der Waals surface area contributed by atoms with E-state index < -0.39 is 0 Å². The molecule has 1 unspecified atom stereocenters. The highest BCUT2D eigenvalue weighted by Gasteiger charge is 2.22. The first kappa shape index (κ1) is 20.4. The molecule has 0 spiro atoms. The van der Waals surface area contributed by atoms with E-state index in [0.717, 1.165) is 44.8 Å². The van der Waals surface area contributed by atoms with Gasteiger partial charge in [-0.2, -0.15) is 0 Å². The molecule has 1 aromatic rings. The minimum absolute atomic E-state index is 0.0108. The quantitative estimate of drug-likeness (QED) is 0.760. The normalized spacial score (nSPS) is 16.9. The molecule has 0 saturated carbocycles. The van der Waals surface area contributed by atoms with Gasteiger partial charge in [-0.3, -0.25) is 19.4 Å². The van der Waals surface area contributed by atoms with Gasteiger partial charge >= 0.3 is 0 Å². The second-order valence-corrected chi connectivity index (χ2v) is 6.82. The van der Waals surface area contributed by atoms with Gasteiger partial charge in [0, 0.05) is 39.3 Å². The van der Waals surface area contributed by atoms with E-state index in [1.54, 1.807) is 0 Å². The number of rotatable bonds is 8. The van der Waals surface area contributed by atoms with Crippen LogP contribution >= 0.6 is 0 Å². The number of benzene rings is 1. The third-order valence-corrected chi connectivity index (χ3v) is 4.98. The van der Waals surface area contributed by atoms with E-state index in [1.165, 1.54) is 0 Å². The Hall–Kier alpha value is -1.92. The molecule has 1 atom stereocenters. The highest BCUT2D eigenvalue weighted by molar-refractivity contribution is 5.79. The third kappa shape index (κ3) is 6.11. The lowest BCUT2D eigenvalue weighted by Gasteiger charge is -2.35. The van der Waals surface area contributed by atoms with E-state index in [-0.39, 0.29) is 17.9 Å². The van der Waals surface area contributed by atoms with Gasteiger partial charge < -0.3 is 10.2 Å². The molecule has 2 amide bonds. The predicted octanol–water partition coefficient (Wildman–Crippen LogP) is 1.35. The molecular formula is C20H32N4O2. The van der Waals surface area contributed by atoms with E-state index in [0.29, 0.717) is 13.1 Å². The lowest BCUT2D eigenvalue weighted by Crippen LogP contribution is -2.52. The number of nitrogens with one attached hydrogen (secondary N) is 1. The SMILES string of the molecule is CCN(CC)C(=O)CN1CCN(CC(=O)NC(C)c2ccccc2)CC1. The molecule has 144 valence electrons. The van der Waals surface area contributed by atoms with Gasteiger partial charge in [0.1, 0.15) is 0 Å². The van der Waals surface area contributed by atoms with Crippen molar-refractivity contribution < 1.29 is 9.59 Å². The van der Waals surface area contributed by atoms with Crippen molar-refractivity contribution in [2.75, 3.05) is 52.4 Å². The summed E-state index contributed by atoms with van der Waals surface area (Å²) >= 11 is 0. The van der Waals surface area contributed by atoms with Crippen LogP contribution in [0.4, 0.5) is 0 Å². The Morgan fingerprint density at radius 1 is 1.00 bits per heavy atom. The lowest BCUT2D eigenvalue weighted by atomic mass is 10.1. The summed E-state index contributed by atoms with van der Waals surface area (Å²) < 4.78 is 0. The van der Waals surface area contributed by atoms with Crippen molar-refractivity contribution in [1.29, 1.82) is 0 Å². The molecule has 1 N–H and O–H groups in total. The Labute approximate surface area is 157 Å². The number of carbonyl (C=O) groups excluding carboxylic acids is 2. The van der Waals surface area contributed by atoms with Gasteiger partial charge in [0.2, 0.25) is 11.8 Å². The summed E-state index contributed by atoms with van der Waals surface area (Å²) in [6, 6.07) is 10.0. The van der Waals surface area contributed by atoms with Gasteiger partial charge in [-0.05, 0) is 26.3 Å². The minimum Gasteiger partial charge on any atom is -0.348 e. The molecule has 0 radical (unpaired) electrons. The fraction of sp³-hybridized carbons (Fsp3) is 0.600. The summed E-state index contributed by atoms with van der Waals surface area (Å²) in [6.07, 6.45) is 0. The van der Waals surface area contributed by atoms with E-state index >= 15 is 0 Å². The number of piperazine rings is 1. The Balaban J connectivity index is 1.71. The Bertz CT molecular complexity index is 566. The summed E-state index contributed by atoms with van der Waals surface area (Å²) in [7, 11) is 0. The molecule has 1 aliphatic heterocycles. The van der Waals surface area contributed by atoms with Crippen molar-refractivity contribution >= 4 is 11.8 Å². The summed E-state index contributed by atoms with van der Waals surface area (Å²) in [5.74, 6) is 0.242. The maximum Gasteiger partial charge on any atom is 0.236 e. The van der Waals surface area contributed by atoms with Gasteiger partial charge in [-0.1, -0.05) is 30.3 Å². The zero-order chi connectivity index (χ0) is 18.9. The maximum absolute atomic E-state index is 12.3. The smallest absolute Gasteiger partial charge is 0.236 e. The number of likely N-dealkylation sites (N-methyl/N-ethyl adjacent to an activating group) is 1. The molecule has 0 aromatic heterocycles. The molecular weight excluding hydrogens is 328 g/mol. The second kappa shape index (κ2) is 10.3. The van der Waals surface area contributed by atoms with Crippen molar-refractivity contribution in [3.05, 3.63) is 35.9 Å². The van der Waals surface area contributed by atoms with Gasteiger partial charge in [0.05, 0.1) is 19.1 Å². The fourth-order valence-electron chi connectivity index (χ4n) is 3.29. The van der Waals surface area contributed by atoms with E-state index in [2.05, 4.69) is 15.1 Å². The first-order chi connectivity index (χ1) is 12.5. The molecule has 0 bridgehead atoms. The third-order valence-electron chi connectivity index (χ3n) is 4.98. The fourth-order valence-corrected chi connectivity index (χ4v) is 3.29. The number of nitrogens with zero attached hydrogens (tertiary/aromatic N) is 3. The van der Waals surface area contributed by atoms with Crippen LogP contribution in [0.5, 0.6) is 0 Å². The van der Waals surface area contributed by atoms with Crippen LogP contribution in [0.2, 0.25) is 0 Å². The minimum atomic E-state index is 0.0108. The van der Waals surface area contributed by atoms with E-state index in [9.17, 15) is 9.59 Å². The summed E-state index contributed by atoms with van der Waals surface area (Å²) in [5.41, 5.74) is 1.11. The molecule has 1 heterocycles. The summed E-state index contributed by atoms with van der Waals surface area (Å²) in [6.45, 7) is 11.7. The van der Waals surface area contributed by atoms with E-state index in [1.807, 2.05) is 56.0 Å². The molecule has 26 heavy (non-hydrogen) atoms. The Kier molecular flexibility index (Phi) is 8.06. The van der Waals surface area contributed by atoms with Gasteiger partial charge in [-0.25, -0.2) is 0 Å². The average Bonchev–Trinajstić information content (AvgIpc) is 2.65. The lowest BCUT2D eigenvalue weighted by molar-refractivity contribution is -0.133. The van der Waals surface area contributed by atoms with Gasteiger partial charge in [-0.15, -0.1) is 0 Å². The molecule has 1 aliphatic rings. The molecule has 1 saturated heterocycles. The van der Waals surface area contributed by atoms with Crippen molar-refractivity contribution in [1.82, 2.24) is 20.0 Å². The highest BCUT2D eigenvalue weighted by atomic mass is 16.2. The van der Waals surface area contributed by atoms with Crippen LogP contribution in [-0.2, 0) is 9.59 Å². The number of carbonyl (C=O) groups is 2. The van der Waals surface area contributed by atoms with Crippen molar-refractivity contribution in [3.8, 4) is 0 Å². The Morgan fingerprint density at radius 3 is 2.08 bits per heavy atom. The first-order valence-electron chi connectivity index (χ1n) is 9.60. The number of amides is 2. The van der Waals surface area contributed by atoms with Crippen LogP contribution in [0.1, 0.15) is 32.4 Å². The monoisotopic (exact) mass is 360 g/mol. The molecule has 0 aliphatic carbocycles. The zero-order valence-corrected chi connectivity index (χ0v) is 16.3. The second-order valence-electron chi connectivity index (χ2n) is 6.82. The summed E-state index contributed by atoms with van der Waals surface area (Å²) in [5, 5.41) is 3.06. The maximum atomic E-state index is 12.3. The highest BCUT2D eigenvalue weighted by Crippen LogP contribution is 2.11. The Morgan fingerprint density at radius 2 is 1.54 bits per heavy atom. The van der Waals surface area contributed by atoms with Crippen LogP contribution in [0, 0.1) is 0 Å². The van der Waals surface area contributed by atoms with Crippen LogP contribution in [-0.4, -0.2) is 78.9 Å². The van der Waals surface area contributed by atoms with Gasteiger partial charge in [0.25, 0.3) is 0 Å². The summed E-state index contributed by atoms with van der Waals surface area (Å²) in [4.78, 5) is 30.7. The number of hydrogen-bond acceptors (Lipinski definition) is 4. The van der Waals surface area contributed by atoms with Crippen LogP contribution < -0.4 is 5.32 Å². The van der Waals surface area contributed by atoms with Crippen molar-refractivity contribution in [2.24, 2.45) is 0 Å². The standard InChI is InChI=1S/C20H32N4O2/c1-4-24(5-2)20(26)16-23-13-11-22(12-14-23)15-19(25)21-17(3)18-9-7-6-8-10-18/h6-10,17H,4-5,11-16H2,1-3H3,(H,21,25). The number of hydrogen-bond donors (Lipinski definition) is 1. The first-order valence-corrected chi connectivity index (χ1v) is 9.60. The van der Waals surface area contributed by atoms with Crippen LogP contribution in [0.3, 0.4) is 0 Å². The van der Waals surface area contributed by atoms with Gasteiger partial charge in [0.15, 0.2) is 0 Å². The zero-order valence-electron chi connectivity index (χ0n) is 16.3. The molecule has 6 nitrogen and oxygen atoms in total. The largest absolute Gasteiger partial charge is 0.348 e. The van der Waals surface area contributed by atoms with Crippen molar-refractivity contribution in [3.63, 3.8) is 0 Å².